The van der Waals surface area contributed by atoms with Crippen LogP contribution in [0.2, 0.25) is 0 Å². The minimum atomic E-state index is -0.693. The van der Waals surface area contributed by atoms with Crippen LogP contribution in [0.1, 0.15) is 11.1 Å². The third-order valence-electron chi connectivity index (χ3n) is 2.75. The fraction of sp³-hybridized carbons (Fsp3) is 0.500. The Morgan fingerprint density at radius 1 is 1.41 bits per heavy atom. The second kappa shape index (κ2) is 11.6. The van der Waals surface area contributed by atoms with Crippen molar-refractivity contribution in [2.45, 2.75) is 19.1 Å². The van der Waals surface area contributed by atoms with Crippen LogP contribution in [0.5, 0.6) is 0 Å². The summed E-state index contributed by atoms with van der Waals surface area (Å²) in [7, 11) is 5.23. The lowest BCUT2D eigenvalue weighted by molar-refractivity contribution is -0.123. The number of benzene rings is 1. The third-order valence-corrected chi connectivity index (χ3v) is 2.75. The molecule has 1 aromatic carbocycles. The number of carbonyl (C=O) groups is 1. The number of nitrogens with two attached hydrogens (primary N) is 1. The fourth-order valence-electron chi connectivity index (χ4n) is 1.78. The first-order valence-corrected chi connectivity index (χ1v) is 6.38. The van der Waals surface area contributed by atoms with Crippen molar-refractivity contribution in [1.29, 1.82) is 0 Å². The molecule has 8 heteroatoms. The molecule has 0 spiro atoms. The number of ether oxygens (including phenoxy) is 1. The number of rotatable bonds is 7. The lowest BCUT2D eigenvalue weighted by Crippen LogP contribution is -2.43. The van der Waals surface area contributed by atoms with Gasteiger partial charge in [-0.15, -0.1) is 24.8 Å². The van der Waals surface area contributed by atoms with Crippen LogP contribution in [-0.2, 0) is 22.6 Å². The molecule has 0 aliphatic carbocycles. The number of nitrogens with one attached hydrogen (secondary N) is 1. The molecule has 5 nitrogen and oxygen atoms in total. The van der Waals surface area contributed by atoms with E-state index < -0.39 is 6.04 Å². The Kier molecular flexibility index (Phi) is 12.3. The maximum absolute atomic E-state index is 13.6. The van der Waals surface area contributed by atoms with E-state index in [2.05, 4.69) is 5.32 Å². The molecule has 1 rings (SSSR count). The molecule has 0 aliphatic rings. The van der Waals surface area contributed by atoms with Crippen molar-refractivity contribution in [2.75, 3.05) is 27.8 Å². The number of hydrogen-bond acceptors (Lipinski definition) is 4. The summed E-state index contributed by atoms with van der Waals surface area (Å²) in [5.74, 6) is -0.532. The van der Waals surface area contributed by atoms with Gasteiger partial charge in [-0.2, -0.15) is 0 Å². The van der Waals surface area contributed by atoms with Gasteiger partial charge in [0.05, 0.1) is 6.61 Å². The molecule has 1 atom stereocenters. The van der Waals surface area contributed by atoms with Crippen LogP contribution < -0.4 is 11.1 Å². The third kappa shape index (κ3) is 7.91. The number of amides is 1. The summed E-state index contributed by atoms with van der Waals surface area (Å²) in [6.45, 7) is 0.995. The van der Waals surface area contributed by atoms with Gasteiger partial charge in [0.1, 0.15) is 11.9 Å². The molecular weight excluding hydrogens is 332 g/mol. The van der Waals surface area contributed by atoms with E-state index in [-0.39, 0.29) is 43.1 Å². The van der Waals surface area contributed by atoms with Gasteiger partial charge in [-0.1, -0.05) is 6.07 Å². The Morgan fingerprint density at radius 3 is 2.59 bits per heavy atom. The first-order valence-electron chi connectivity index (χ1n) is 6.38. The van der Waals surface area contributed by atoms with E-state index in [1.165, 1.54) is 13.2 Å². The second-order valence-electron chi connectivity index (χ2n) is 4.94. The summed E-state index contributed by atoms with van der Waals surface area (Å²) in [6.07, 6.45) is 0. The molecule has 0 heterocycles. The zero-order valence-corrected chi connectivity index (χ0v) is 14.6. The molecule has 0 aliphatic heterocycles. The molecule has 0 saturated heterocycles. The van der Waals surface area contributed by atoms with Gasteiger partial charge in [-0.3, -0.25) is 4.79 Å². The molecule has 0 fully saturated rings. The fourth-order valence-corrected chi connectivity index (χ4v) is 1.78. The Hall–Kier alpha value is -0.920. The second-order valence-corrected chi connectivity index (χ2v) is 4.94. The Balaban J connectivity index is 0. The summed E-state index contributed by atoms with van der Waals surface area (Å²) in [5, 5.41) is 2.70. The minimum absolute atomic E-state index is 0. The highest BCUT2D eigenvalue weighted by atomic mass is 35.5. The maximum Gasteiger partial charge on any atom is 0.239 e. The highest BCUT2D eigenvalue weighted by Gasteiger charge is 2.12. The minimum Gasteiger partial charge on any atom is -0.383 e. The van der Waals surface area contributed by atoms with Gasteiger partial charge >= 0.3 is 0 Å². The number of hydrogen-bond donors (Lipinski definition) is 2. The van der Waals surface area contributed by atoms with Crippen LogP contribution in [0.15, 0.2) is 18.2 Å². The summed E-state index contributed by atoms with van der Waals surface area (Å²) < 4.78 is 18.4. The average Bonchev–Trinajstić information content (AvgIpc) is 2.39. The lowest BCUT2D eigenvalue weighted by atomic mass is 10.1. The zero-order valence-electron chi connectivity index (χ0n) is 13.0. The van der Waals surface area contributed by atoms with Crippen LogP contribution in [-0.4, -0.2) is 44.7 Å². The number of carbonyl (C=O) groups excluding carboxylic acids is 1. The monoisotopic (exact) mass is 355 g/mol. The van der Waals surface area contributed by atoms with Crippen molar-refractivity contribution in [3.63, 3.8) is 0 Å². The lowest BCUT2D eigenvalue weighted by Gasteiger charge is -2.14. The van der Waals surface area contributed by atoms with E-state index in [1.54, 1.807) is 12.1 Å². The van der Waals surface area contributed by atoms with Crippen molar-refractivity contribution in [1.82, 2.24) is 10.2 Å². The van der Waals surface area contributed by atoms with Crippen molar-refractivity contribution < 1.29 is 13.9 Å². The normalized spacial score (nSPS) is 11.4. The van der Waals surface area contributed by atoms with Gasteiger partial charge in [0.25, 0.3) is 0 Å². The Morgan fingerprint density at radius 2 is 2.05 bits per heavy atom. The predicted octanol–water partition coefficient (Wildman–Crippen LogP) is 1.32. The summed E-state index contributed by atoms with van der Waals surface area (Å²) >= 11 is 0. The van der Waals surface area contributed by atoms with Crippen LogP contribution in [0.4, 0.5) is 4.39 Å². The van der Waals surface area contributed by atoms with Gasteiger partial charge in [0, 0.05) is 25.8 Å². The van der Waals surface area contributed by atoms with E-state index in [9.17, 15) is 9.18 Å². The van der Waals surface area contributed by atoms with Crippen molar-refractivity contribution in [3.05, 3.63) is 35.1 Å². The van der Waals surface area contributed by atoms with Crippen molar-refractivity contribution in [3.8, 4) is 0 Å². The van der Waals surface area contributed by atoms with Crippen LogP contribution >= 0.6 is 24.8 Å². The number of methoxy groups -OCH3 is 1. The van der Waals surface area contributed by atoms with Gasteiger partial charge in [0.15, 0.2) is 0 Å². The molecule has 0 radical (unpaired) electrons. The molecule has 1 aromatic rings. The van der Waals surface area contributed by atoms with E-state index >= 15 is 0 Å². The first-order chi connectivity index (χ1) is 9.43. The standard InChI is InChI=1S/C14H22FN3O2.2ClH/c1-18(2)8-11-6-10(4-5-12(11)15)7-17-14(19)13(16)9-20-3;;/h4-6,13H,7-9,16H2,1-3H3,(H,17,19);2*1H. The van der Waals surface area contributed by atoms with Gasteiger partial charge in [0.2, 0.25) is 5.91 Å². The zero-order chi connectivity index (χ0) is 15.1. The molecule has 3 N–H and O–H groups in total. The summed E-state index contributed by atoms with van der Waals surface area (Å²) in [4.78, 5) is 13.5. The molecule has 22 heavy (non-hydrogen) atoms. The van der Waals surface area contributed by atoms with E-state index in [0.29, 0.717) is 18.7 Å². The molecule has 0 aromatic heterocycles. The smallest absolute Gasteiger partial charge is 0.239 e. The van der Waals surface area contributed by atoms with Crippen LogP contribution in [0.3, 0.4) is 0 Å². The van der Waals surface area contributed by atoms with Gasteiger partial charge < -0.3 is 20.7 Å². The largest absolute Gasteiger partial charge is 0.383 e. The van der Waals surface area contributed by atoms with E-state index in [4.69, 9.17) is 10.5 Å². The number of halogens is 3. The SMILES string of the molecule is COCC(N)C(=O)NCc1ccc(F)c(CN(C)C)c1.Cl.Cl. The number of nitrogens with zero attached hydrogens (tertiary/aromatic N) is 1. The topological polar surface area (TPSA) is 67.6 Å². The molecule has 0 bridgehead atoms. The summed E-state index contributed by atoms with van der Waals surface area (Å²) in [6, 6.07) is 4.12. The first kappa shape index (κ1) is 23.3. The molecular formula is C14H24Cl2FN3O2. The Labute approximate surface area is 143 Å². The molecule has 1 unspecified atom stereocenters. The van der Waals surface area contributed by atoms with Crippen LogP contribution in [0, 0.1) is 5.82 Å². The van der Waals surface area contributed by atoms with E-state index in [1.807, 2.05) is 19.0 Å². The predicted molar refractivity (Wildman–Crippen MR) is 90.0 cm³/mol. The molecule has 128 valence electrons. The van der Waals surface area contributed by atoms with E-state index in [0.717, 1.165) is 5.56 Å². The molecule has 1 amide bonds. The highest BCUT2D eigenvalue weighted by molar-refractivity contribution is 5.85. The van der Waals surface area contributed by atoms with Gasteiger partial charge in [-0.25, -0.2) is 4.39 Å². The van der Waals surface area contributed by atoms with Crippen molar-refractivity contribution in [2.24, 2.45) is 5.73 Å². The van der Waals surface area contributed by atoms with Crippen molar-refractivity contribution >= 4 is 30.7 Å². The maximum atomic E-state index is 13.6. The quantitative estimate of drug-likeness (QED) is 0.773. The van der Waals surface area contributed by atoms with Crippen LogP contribution in [0.25, 0.3) is 0 Å². The molecule has 0 saturated carbocycles. The summed E-state index contributed by atoms with van der Waals surface area (Å²) in [5.41, 5.74) is 7.04. The highest BCUT2D eigenvalue weighted by Crippen LogP contribution is 2.12. The van der Waals surface area contributed by atoms with Gasteiger partial charge in [-0.05, 0) is 31.8 Å². The Bertz CT molecular complexity index is 462. The average molecular weight is 356 g/mol.